The van der Waals surface area contributed by atoms with Gasteiger partial charge in [0.15, 0.2) is 17.5 Å². The van der Waals surface area contributed by atoms with Crippen LogP contribution in [0.15, 0.2) is 185 Å². The first kappa shape index (κ1) is 30.3. The zero-order chi connectivity index (χ0) is 35.6. The van der Waals surface area contributed by atoms with E-state index in [-0.39, 0.29) is 0 Å². The number of hydrogen-bond acceptors (Lipinski definition) is 5. The monoisotopic (exact) mass is 691 g/mol. The van der Waals surface area contributed by atoms with Crippen LogP contribution in [-0.4, -0.2) is 15.0 Å². The van der Waals surface area contributed by atoms with E-state index in [0.717, 1.165) is 77.3 Å². The smallest absolute Gasteiger partial charge is 0.167 e. The molecule has 0 aliphatic rings. The van der Waals surface area contributed by atoms with Gasteiger partial charge in [-0.3, -0.25) is 0 Å². The molecule has 0 fully saturated rings. The molecule has 0 amide bonds. The summed E-state index contributed by atoms with van der Waals surface area (Å²) in [6, 6.07) is 60.5. The molecule has 0 spiro atoms. The van der Waals surface area contributed by atoms with Gasteiger partial charge in [-0.1, -0.05) is 140 Å². The summed E-state index contributed by atoms with van der Waals surface area (Å²) in [7, 11) is 0. The van der Waals surface area contributed by atoms with Crippen LogP contribution in [0.4, 0.5) is 0 Å². The molecule has 0 saturated carbocycles. The molecule has 0 bridgehead atoms. The van der Waals surface area contributed by atoms with E-state index in [1.165, 1.54) is 16.3 Å². The van der Waals surface area contributed by atoms with Gasteiger partial charge in [-0.15, -0.1) is 0 Å². The normalized spacial score (nSPS) is 11.7. The maximum Gasteiger partial charge on any atom is 0.167 e. The highest BCUT2D eigenvalue weighted by molar-refractivity contribution is 6.10. The van der Waals surface area contributed by atoms with E-state index in [2.05, 4.69) is 115 Å². The van der Waals surface area contributed by atoms with Crippen LogP contribution >= 0.6 is 0 Å². The lowest BCUT2D eigenvalue weighted by Gasteiger charge is -2.09. The van der Waals surface area contributed by atoms with Crippen molar-refractivity contribution in [2.45, 2.75) is 0 Å². The van der Waals surface area contributed by atoms with Crippen LogP contribution < -0.4 is 0 Å². The number of benzene rings is 8. The molecule has 11 rings (SSSR count). The van der Waals surface area contributed by atoms with Crippen molar-refractivity contribution in [3.05, 3.63) is 176 Å². The second-order valence-electron chi connectivity index (χ2n) is 13.6. The third-order valence-electron chi connectivity index (χ3n) is 10.4. The topological polar surface area (TPSA) is 65.0 Å². The van der Waals surface area contributed by atoms with E-state index in [4.69, 9.17) is 23.8 Å². The lowest BCUT2D eigenvalue weighted by molar-refractivity contribution is 0.669. The fourth-order valence-electron chi connectivity index (χ4n) is 7.68. The van der Waals surface area contributed by atoms with Crippen molar-refractivity contribution >= 4 is 54.6 Å². The summed E-state index contributed by atoms with van der Waals surface area (Å²) in [5.74, 6) is 1.76. The molecule has 54 heavy (non-hydrogen) atoms. The van der Waals surface area contributed by atoms with Gasteiger partial charge in [-0.2, -0.15) is 0 Å². The number of nitrogens with zero attached hydrogens (tertiary/aromatic N) is 3. The maximum atomic E-state index is 6.51. The number of rotatable bonds is 5. The van der Waals surface area contributed by atoms with Crippen LogP contribution in [0.3, 0.4) is 0 Å². The summed E-state index contributed by atoms with van der Waals surface area (Å²) in [5, 5.41) is 6.75. The van der Waals surface area contributed by atoms with Crippen molar-refractivity contribution in [3.8, 4) is 56.4 Å². The molecule has 0 atom stereocenters. The Balaban J connectivity index is 0.970. The Morgan fingerprint density at radius 2 is 0.833 bits per heavy atom. The van der Waals surface area contributed by atoms with Gasteiger partial charge in [0.1, 0.15) is 22.3 Å². The van der Waals surface area contributed by atoms with Crippen LogP contribution in [-0.2, 0) is 0 Å². The molecule has 8 aromatic carbocycles. The predicted molar refractivity (Wildman–Crippen MR) is 219 cm³/mol. The Morgan fingerprint density at radius 1 is 0.296 bits per heavy atom. The average molecular weight is 692 g/mol. The lowest BCUT2D eigenvalue weighted by atomic mass is 9.97. The summed E-state index contributed by atoms with van der Waals surface area (Å²) in [5.41, 5.74) is 10.4. The van der Waals surface area contributed by atoms with Gasteiger partial charge in [-0.25, -0.2) is 15.0 Å². The van der Waals surface area contributed by atoms with Gasteiger partial charge in [0.2, 0.25) is 0 Å². The molecular formula is C49H29N3O2. The average Bonchev–Trinajstić information content (AvgIpc) is 3.81. The van der Waals surface area contributed by atoms with E-state index < -0.39 is 0 Å². The van der Waals surface area contributed by atoms with E-state index in [0.29, 0.717) is 17.5 Å². The number of furan rings is 2. The minimum atomic E-state index is 0.562. The predicted octanol–water partition coefficient (Wildman–Crippen LogP) is 13.2. The lowest BCUT2D eigenvalue weighted by Crippen LogP contribution is -2.00. The molecule has 0 radical (unpaired) electrons. The number of aromatic nitrogens is 3. The summed E-state index contributed by atoms with van der Waals surface area (Å²) >= 11 is 0. The Morgan fingerprint density at radius 3 is 1.65 bits per heavy atom. The molecule has 0 aliphatic carbocycles. The van der Waals surface area contributed by atoms with Crippen LogP contribution in [0.25, 0.3) is 111 Å². The second kappa shape index (κ2) is 12.1. The van der Waals surface area contributed by atoms with Crippen molar-refractivity contribution in [1.82, 2.24) is 15.0 Å². The standard InChI is InChI=1S/C49H29N3O2/c1-2-11-32(12-3-1)47-50-48(52-49(51-47)42-18-9-17-41-38-15-6-7-19-43(38)54-46(41)42)33-22-20-30(21-23-33)34-24-26-39-40-27-25-35(29-45(40)53-44(39)28-34)37-16-8-13-31-10-4-5-14-36(31)37/h1-29H. The quantitative estimate of drug-likeness (QED) is 0.180. The largest absolute Gasteiger partial charge is 0.456 e. The van der Waals surface area contributed by atoms with Crippen molar-refractivity contribution in [1.29, 1.82) is 0 Å². The van der Waals surface area contributed by atoms with Crippen molar-refractivity contribution in [2.24, 2.45) is 0 Å². The van der Waals surface area contributed by atoms with Crippen LogP contribution in [0.1, 0.15) is 0 Å². The Kier molecular flexibility index (Phi) is 6.79. The molecule has 3 aromatic heterocycles. The highest BCUT2D eigenvalue weighted by Crippen LogP contribution is 2.38. The first-order chi connectivity index (χ1) is 26.7. The molecule has 3 heterocycles. The Bertz CT molecular complexity index is 3210. The van der Waals surface area contributed by atoms with E-state index >= 15 is 0 Å². The van der Waals surface area contributed by atoms with E-state index in [1.807, 2.05) is 60.7 Å². The SMILES string of the molecule is c1ccc(-c2nc(-c3ccc(-c4ccc5c(c4)oc4cc(-c6cccc7ccccc67)ccc45)cc3)nc(-c3cccc4c3oc3ccccc34)n2)cc1. The van der Waals surface area contributed by atoms with Crippen molar-refractivity contribution in [3.63, 3.8) is 0 Å². The van der Waals surface area contributed by atoms with Crippen LogP contribution in [0, 0.1) is 0 Å². The van der Waals surface area contributed by atoms with Crippen molar-refractivity contribution < 1.29 is 8.83 Å². The van der Waals surface area contributed by atoms with Crippen molar-refractivity contribution in [2.75, 3.05) is 0 Å². The zero-order valence-corrected chi connectivity index (χ0v) is 28.9. The maximum absolute atomic E-state index is 6.51. The number of fused-ring (bicyclic) bond motifs is 7. The van der Waals surface area contributed by atoms with E-state index in [1.54, 1.807) is 0 Å². The van der Waals surface area contributed by atoms with Gasteiger partial charge in [0.05, 0.1) is 5.56 Å². The minimum Gasteiger partial charge on any atom is -0.456 e. The zero-order valence-electron chi connectivity index (χ0n) is 28.9. The molecule has 0 unspecified atom stereocenters. The number of para-hydroxylation sites is 2. The summed E-state index contributed by atoms with van der Waals surface area (Å²) in [6.45, 7) is 0. The van der Waals surface area contributed by atoms with E-state index in [9.17, 15) is 0 Å². The third-order valence-corrected chi connectivity index (χ3v) is 10.4. The summed E-state index contributed by atoms with van der Waals surface area (Å²) in [4.78, 5) is 15.0. The van der Waals surface area contributed by atoms with Crippen LogP contribution in [0.5, 0.6) is 0 Å². The molecule has 252 valence electrons. The van der Waals surface area contributed by atoms with Gasteiger partial charge in [0.25, 0.3) is 0 Å². The molecule has 0 saturated heterocycles. The third kappa shape index (κ3) is 4.98. The summed E-state index contributed by atoms with van der Waals surface area (Å²) in [6.07, 6.45) is 0. The molecule has 0 aliphatic heterocycles. The summed E-state index contributed by atoms with van der Waals surface area (Å²) < 4.78 is 12.9. The highest BCUT2D eigenvalue weighted by atomic mass is 16.3. The first-order valence-corrected chi connectivity index (χ1v) is 18.0. The Hall–Kier alpha value is -7.37. The van der Waals surface area contributed by atoms with Gasteiger partial charge >= 0.3 is 0 Å². The Labute approximate surface area is 309 Å². The van der Waals surface area contributed by atoms with Gasteiger partial charge in [-0.05, 0) is 69.4 Å². The molecule has 5 heteroatoms. The highest BCUT2D eigenvalue weighted by Gasteiger charge is 2.18. The fraction of sp³-hybridized carbons (Fsp3) is 0. The first-order valence-electron chi connectivity index (χ1n) is 18.0. The molecular weight excluding hydrogens is 663 g/mol. The molecule has 0 N–H and O–H groups in total. The van der Waals surface area contributed by atoms with Gasteiger partial charge < -0.3 is 8.83 Å². The molecule has 11 aromatic rings. The van der Waals surface area contributed by atoms with Crippen LogP contribution in [0.2, 0.25) is 0 Å². The van der Waals surface area contributed by atoms with Gasteiger partial charge in [0, 0.05) is 32.7 Å². The fourth-order valence-corrected chi connectivity index (χ4v) is 7.68. The number of hydrogen-bond donors (Lipinski definition) is 0. The molecule has 5 nitrogen and oxygen atoms in total. The second-order valence-corrected chi connectivity index (χ2v) is 13.6. The minimum absolute atomic E-state index is 0.562.